The Bertz CT molecular complexity index is 751. The second-order valence-electron chi connectivity index (χ2n) is 4.21. The summed E-state index contributed by atoms with van der Waals surface area (Å²) in [7, 11) is 1.37. The first-order valence-electron chi connectivity index (χ1n) is 6.21. The SMILES string of the molecule is COC(=O)c1cccc(Nc2nc(-c3cccs3)cs2)c1. The number of nitrogens with zero attached hydrogens (tertiary/aromatic N) is 1. The number of nitrogens with one attached hydrogen (secondary N) is 1. The van der Waals surface area contributed by atoms with E-state index in [-0.39, 0.29) is 5.97 Å². The first-order valence-corrected chi connectivity index (χ1v) is 7.97. The minimum atomic E-state index is -0.350. The molecule has 3 rings (SSSR count). The largest absolute Gasteiger partial charge is 0.465 e. The van der Waals surface area contributed by atoms with Gasteiger partial charge in [-0.3, -0.25) is 0 Å². The lowest BCUT2D eigenvalue weighted by molar-refractivity contribution is 0.0601. The maximum atomic E-state index is 11.5. The summed E-state index contributed by atoms with van der Waals surface area (Å²) in [6.07, 6.45) is 0. The van der Waals surface area contributed by atoms with Crippen LogP contribution in [0.5, 0.6) is 0 Å². The van der Waals surface area contributed by atoms with Crippen molar-refractivity contribution >= 4 is 39.5 Å². The van der Waals surface area contributed by atoms with Gasteiger partial charge < -0.3 is 10.1 Å². The number of anilines is 2. The zero-order valence-corrected chi connectivity index (χ0v) is 12.8. The van der Waals surface area contributed by atoms with Gasteiger partial charge in [0.25, 0.3) is 0 Å². The van der Waals surface area contributed by atoms with Crippen LogP contribution in [0.4, 0.5) is 10.8 Å². The normalized spacial score (nSPS) is 10.3. The van der Waals surface area contributed by atoms with Crippen molar-refractivity contribution in [1.82, 2.24) is 4.98 Å². The van der Waals surface area contributed by atoms with E-state index >= 15 is 0 Å². The molecular weight excluding hydrogens is 304 g/mol. The van der Waals surface area contributed by atoms with Gasteiger partial charge in [-0.2, -0.15) is 0 Å². The molecule has 2 heterocycles. The monoisotopic (exact) mass is 316 g/mol. The van der Waals surface area contributed by atoms with E-state index in [1.54, 1.807) is 23.5 Å². The van der Waals surface area contributed by atoms with Crippen LogP contribution >= 0.6 is 22.7 Å². The zero-order valence-electron chi connectivity index (χ0n) is 11.2. The molecule has 21 heavy (non-hydrogen) atoms. The molecule has 0 amide bonds. The fourth-order valence-corrected chi connectivity index (χ4v) is 3.33. The van der Waals surface area contributed by atoms with Crippen LogP contribution in [0.15, 0.2) is 47.2 Å². The molecule has 1 N–H and O–H groups in total. The number of hydrogen-bond acceptors (Lipinski definition) is 6. The van der Waals surface area contributed by atoms with Gasteiger partial charge in [0.05, 0.1) is 23.2 Å². The van der Waals surface area contributed by atoms with Crippen molar-refractivity contribution in [3.63, 3.8) is 0 Å². The number of aromatic nitrogens is 1. The van der Waals surface area contributed by atoms with Crippen molar-refractivity contribution in [1.29, 1.82) is 0 Å². The van der Waals surface area contributed by atoms with Crippen LogP contribution in [0.3, 0.4) is 0 Å². The Balaban J connectivity index is 1.79. The van der Waals surface area contributed by atoms with Crippen molar-refractivity contribution in [2.24, 2.45) is 0 Å². The highest BCUT2D eigenvalue weighted by atomic mass is 32.1. The summed E-state index contributed by atoms with van der Waals surface area (Å²) in [6.45, 7) is 0. The molecule has 0 saturated heterocycles. The van der Waals surface area contributed by atoms with Crippen LogP contribution < -0.4 is 5.32 Å². The van der Waals surface area contributed by atoms with Crippen LogP contribution in [0.2, 0.25) is 0 Å². The fraction of sp³-hybridized carbons (Fsp3) is 0.0667. The van der Waals surface area contributed by atoms with Gasteiger partial charge in [-0.1, -0.05) is 12.1 Å². The lowest BCUT2D eigenvalue weighted by atomic mass is 10.2. The molecule has 0 aliphatic carbocycles. The van der Waals surface area contributed by atoms with Gasteiger partial charge in [0, 0.05) is 11.1 Å². The molecule has 0 saturated carbocycles. The average Bonchev–Trinajstić information content (AvgIpc) is 3.17. The molecule has 4 nitrogen and oxygen atoms in total. The van der Waals surface area contributed by atoms with Gasteiger partial charge in [0.1, 0.15) is 0 Å². The summed E-state index contributed by atoms with van der Waals surface area (Å²) in [5.41, 5.74) is 2.28. The van der Waals surface area contributed by atoms with Gasteiger partial charge in [-0.15, -0.1) is 22.7 Å². The minimum absolute atomic E-state index is 0.350. The molecule has 0 unspecified atom stereocenters. The smallest absolute Gasteiger partial charge is 0.337 e. The highest BCUT2D eigenvalue weighted by Gasteiger charge is 2.08. The summed E-state index contributed by atoms with van der Waals surface area (Å²) >= 11 is 3.19. The average molecular weight is 316 g/mol. The minimum Gasteiger partial charge on any atom is -0.465 e. The van der Waals surface area contributed by atoms with Crippen LogP contribution in [-0.2, 0) is 4.74 Å². The predicted molar refractivity (Wildman–Crippen MR) is 86.5 cm³/mol. The predicted octanol–water partition coefficient (Wildman–Crippen LogP) is 4.40. The number of methoxy groups -OCH3 is 1. The Kier molecular flexibility index (Phi) is 3.98. The molecule has 1 aromatic carbocycles. The standard InChI is InChI=1S/C15H12N2O2S2/c1-19-14(18)10-4-2-5-11(8-10)16-15-17-12(9-21-15)13-6-3-7-20-13/h2-9H,1H3,(H,16,17). The van der Waals surface area contributed by atoms with Crippen LogP contribution in [0.25, 0.3) is 10.6 Å². The Morgan fingerprint density at radius 2 is 2.14 bits per heavy atom. The maximum absolute atomic E-state index is 11.5. The first kappa shape index (κ1) is 13.8. The summed E-state index contributed by atoms with van der Waals surface area (Å²) in [5.74, 6) is -0.350. The van der Waals surface area contributed by atoms with Crippen LogP contribution in [0, 0.1) is 0 Å². The molecule has 0 fully saturated rings. The number of rotatable bonds is 4. The second-order valence-corrected chi connectivity index (χ2v) is 6.02. The highest BCUT2D eigenvalue weighted by Crippen LogP contribution is 2.29. The molecule has 106 valence electrons. The summed E-state index contributed by atoms with van der Waals surface area (Å²) in [5, 5.41) is 8.04. The second kappa shape index (κ2) is 6.07. The molecule has 0 atom stereocenters. The van der Waals surface area contributed by atoms with E-state index in [0.717, 1.165) is 21.4 Å². The van der Waals surface area contributed by atoms with E-state index in [1.165, 1.54) is 18.4 Å². The van der Waals surface area contributed by atoms with Gasteiger partial charge in [0.15, 0.2) is 5.13 Å². The number of carbonyl (C=O) groups is 1. The third-order valence-corrected chi connectivity index (χ3v) is 4.46. The van der Waals surface area contributed by atoms with E-state index in [4.69, 9.17) is 4.74 Å². The number of ether oxygens (including phenoxy) is 1. The lowest BCUT2D eigenvalue weighted by Gasteiger charge is -2.04. The zero-order chi connectivity index (χ0) is 14.7. The first-order chi connectivity index (χ1) is 10.3. The summed E-state index contributed by atoms with van der Waals surface area (Å²) < 4.78 is 4.72. The van der Waals surface area contributed by atoms with Crippen molar-refractivity contribution in [3.05, 3.63) is 52.7 Å². The maximum Gasteiger partial charge on any atom is 0.337 e. The quantitative estimate of drug-likeness (QED) is 0.725. The third-order valence-electron chi connectivity index (χ3n) is 2.81. The van der Waals surface area contributed by atoms with Crippen molar-refractivity contribution in [3.8, 4) is 10.6 Å². The molecule has 2 aromatic heterocycles. The van der Waals surface area contributed by atoms with E-state index < -0.39 is 0 Å². The van der Waals surface area contributed by atoms with Crippen molar-refractivity contribution in [2.45, 2.75) is 0 Å². The number of hydrogen-bond donors (Lipinski definition) is 1. The van der Waals surface area contributed by atoms with E-state index in [0.29, 0.717) is 5.56 Å². The molecular formula is C15H12N2O2S2. The van der Waals surface area contributed by atoms with Crippen molar-refractivity contribution in [2.75, 3.05) is 12.4 Å². The van der Waals surface area contributed by atoms with Crippen LogP contribution in [-0.4, -0.2) is 18.1 Å². The third kappa shape index (κ3) is 3.12. The molecule has 3 aromatic rings. The molecule has 0 spiro atoms. The fourth-order valence-electron chi connectivity index (χ4n) is 1.83. The molecule has 6 heteroatoms. The summed E-state index contributed by atoms with van der Waals surface area (Å²) in [4.78, 5) is 17.2. The van der Waals surface area contributed by atoms with Gasteiger partial charge in [-0.05, 0) is 29.6 Å². The Morgan fingerprint density at radius 1 is 1.24 bits per heavy atom. The van der Waals surface area contributed by atoms with Gasteiger partial charge >= 0.3 is 5.97 Å². The highest BCUT2D eigenvalue weighted by molar-refractivity contribution is 7.16. The molecule has 0 radical (unpaired) electrons. The Labute approximate surface area is 130 Å². The molecule has 0 aliphatic rings. The Morgan fingerprint density at radius 3 is 2.90 bits per heavy atom. The Hall–Kier alpha value is -2.18. The number of esters is 1. The van der Waals surface area contributed by atoms with Gasteiger partial charge in [0.2, 0.25) is 0 Å². The number of thiazole rings is 1. The molecule has 0 aliphatic heterocycles. The van der Waals surface area contributed by atoms with E-state index in [1.807, 2.05) is 35.0 Å². The molecule has 0 bridgehead atoms. The van der Waals surface area contributed by atoms with E-state index in [2.05, 4.69) is 10.3 Å². The van der Waals surface area contributed by atoms with Crippen molar-refractivity contribution < 1.29 is 9.53 Å². The number of benzene rings is 1. The topological polar surface area (TPSA) is 51.2 Å². The number of thiophene rings is 1. The van der Waals surface area contributed by atoms with Gasteiger partial charge in [-0.25, -0.2) is 9.78 Å². The van der Waals surface area contributed by atoms with Crippen LogP contribution in [0.1, 0.15) is 10.4 Å². The lowest BCUT2D eigenvalue weighted by Crippen LogP contribution is -2.01. The number of carbonyl (C=O) groups excluding carboxylic acids is 1. The summed E-state index contributed by atoms with van der Waals surface area (Å²) in [6, 6.07) is 11.2. The van der Waals surface area contributed by atoms with E-state index in [9.17, 15) is 4.79 Å².